The van der Waals surface area contributed by atoms with Crippen molar-refractivity contribution in [2.45, 2.75) is 60.9 Å². The van der Waals surface area contributed by atoms with E-state index in [9.17, 15) is 13.2 Å². The van der Waals surface area contributed by atoms with Crippen molar-refractivity contribution in [2.24, 2.45) is 17.8 Å². The van der Waals surface area contributed by atoms with Crippen molar-refractivity contribution in [1.82, 2.24) is 0 Å². The summed E-state index contributed by atoms with van der Waals surface area (Å²) in [6, 6.07) is 10.9. The highest BCUT2D eigenvalue weighted by Gasteiger charge is 2.36. The third-order valence-corrected chi connectivity index (χ3v) is 7.88. The zero-order valence-electron chi connectivity index (χ0n) is 15.2. The van der Waals surface area contributed by atoms with Gasteiger partial charge in [-0.3, -0.25) is 0 Å². The second-order valence-corrected chi connectivity index (χ2v) is 9.67. The minimum absolute atomic E-state index is 0.484. The molecule has 0 aromatic heterocycles. The van der Waals surface area contributed by atoms with Crippen molar-refractivity contribution >= 4 is 11.8 Å². The highest BCUT2D eigenvalue weighted by molar-refractivity contribution is 7.99. The molecule has 0 N–H and O–H groups in total. The van der Waals surface area contributed by atoms with Gasteiger partial charge in [-0.1, -0.05) is 42.8 Å². The summed E-state index contributed by atoms with van der Waals surface area (Å²) in [5.74, 6) is 2.17. The molecule has 2 aromatic carbocycles. The molecule has 1 aliphatic heterocycles. The molecule has 0 spiro atoms. The summed E-state index contributed by atoms with van der Waals surface area (Å²) in [4.78, 5) is 1.89. The maximum Gasteiger partial charge on any atom is 0.416 e. The van der Waals surface area contributed by atoms with Crippen LogP contribution in [-0.2, 0) is 19.0 Å². The Balaban J connectivity index is 1.52. The minimum atomic E-state index is -4.28. The lowest BCUT2D eigenvalue weighted by molar-refractivity contribution is -0.137. The van der Waals surface area contributed by atoms with E-state index in [0.717, 1.165) is 45.6 Å². The smallest absolute Gasteiger partial charge is 0.166 e. The first-order chi connectivity index (χ1) is 13.0. The Morgan fingerprint density at radius 3 is 2.41 bits per heavy atom. The molecule has 5 rings (SSSR count). The van der Waals surface area contributed by atoms with Crippen LogP contribution >= 0.6 is 11.8 Å². The molecule has 1 heterocycles. The predicted octanol–water partition coefficient (Wildman–Crippen LogP) is 7.13. The van der Waals surface area contributed by atoms with Crippen LogP contribution in [0.4, 0.5) is 13.2 Å². The first kappa shape index (κ1) is 17.7. The van der Waals surface area contributed by atoms with Crippen LogP contribution < -0.4 is 0 Å². The van der Waals surface area contributed by atoms with E-state index in [2.05, 4.69) is 6.07 Å². The average molecular weight is 388 g/mol. The van der Waals surface area contributed by atoms with Gasteiger partial charge in [-0.05, 0) is 84.7 Å². The maximum atomic E-state index is 13.5. The van der Waals surface area contributed by atoms with Crippen LogP contribution in [0, 0.1) is 17.8 Å². The lowest BCUT2D eigenvalue weighted by atomic mass is 9.77. The fourth-order valence-electron chi connectivity index (χ4n) is 5.52. The van der Waals surface area contributed by atoms with E-state index in [4.69, 9.17) is 0 Å². The number of hydrogen-bond donors (Lipinski definition) is 0. The Bertz CT molecular complexity index is 858. The highest BCUT2D eigenvalue weighted by atomic mass is 32.2. The third kappa shape index (κ3) is 3.41. The van der Waals surface area contributed by atoms with Gasteiger partial charge in [-0.25, -0.2) is 0 Å². The molecule has 3 aliphatic rings. The molecule has 2 atom stereocenters. The zero-order valence-corrected chi connectivity index (χ0v) is 16.0. The summed E-state index contributed by atoms with van der Waals surface area (Å²) in [7, 11) is 0. The SMILES string of the molecule is FC(F)(F)c1cc(CC2CC3CCC(C3)C2)c2c(c1)Sc1ccccc1C2. The van der Waals surface area contributed by atoms with Gasteiger partial charge in [0.25, 0.3) is 0 Å². The minimum Gasteiger partial charge on any atom is -0.166 e. The molecule has 0 saturated heterocycles. The summed E-state index contributed by atoms with van der Waals surface area (Å²) in [5.41, 5.74) is 2.82. The van der Waals surface area contributed by atoms with Gasteiger partial charge < -0.3 is 0 Å². The average Bonchev–Trinajstić information content (AvgIpc) is 2.97. The number of halogens is 3. The van der Waals surface area contributed by atoms with Crippen LogP contribution in [-0.4, -0.2) is 0 Å². The molecule has 2 bridgehead atoms. The second kappa shape index (κ2) is 6.58. The maximum absolute atomic E-state index is 13.5. The van der Waals surface area contributed by atoms with Crippen molar-refractivity contribution in [3.8, 4) is 0 Å². The van der Waals surface area contributed by atoms with Crippen LogP contribution in [0.25, 0.3) is 0 Å². The topological polar surface area (TPSA) is 0 Å². The summed E-state index contributed by atoms with van der Waals surface area (Å²) >= 11 is 1.50. The molecular weight excluding hydrogens is 365 g/mol. The van der Waals surface area contributed by atoms with E-state index in [1.807, 2.05) is 18.2 Å². The van der Waals surface area contributed by atoms with Crippen LogP contribution in [0.2, 0.25) is 0 Å². The van der Waals surface area contributed by atoms with Gasteiger partial charge in [0.1, 0.15) is 0 Å². The lowest BCUT2D eigenvalue weighted by Crippen LogP contribution is -2.19. The van der Waals surface area contributed by atoms with Gasteiger partial charge in [0, 0.05) is 9.79 Å². The molecule has 4 heteroatoms. The summed E-state index contributed by atoms with van der Waals surface area (Å²) in [6.45, 7) is 0. The van der Waals surface area contributed by atoms with E-state index in [-0.39, 0.29) is 0 Å². The fraction of sp³-hybridized carbons (Fsp3) is 0.478. The van der Waals surface area contributed by atoms with Crippen LogP contribution in [0.1, 0.15) is 54.4 Å². The van der Waals surface area contributed by atoms with Crippen molar-refractivity contribution in [1.29, 1.82) is 0 Å². The molecule has 0 radical (unpaired) electrons. The number of fused-ring (bicyclic) bond motifs is 4. The van der Waals surface area contributed by atoms with E-state index in [1.165, 1.54) is 61.6 Å². The fourth-order valence-corrected chi connectivity index (χ4v) is 6.69. The molecule has 2 unspecified atom stereocenters. The first-order valence-electron chi connectivity index (χ1n) is 9.94. The normalized spacial score (nSPS) is 26.6. The standard InChI is InChI=1S/C23H23F3S/c24-23(25,26)19-11-18(10-16-8-14-5-6-15(7-14)9-16)20-12-17-3-1-2-4-21(17)27-22(20)13-19/h1-4,11,13-16H,5-10,12H2. The van der Waals surface area contributed by atoms with Crippen LogP contribution in [0.5, 0.6) is 0 Å². The monoisotopic (exact) mass is 388 g/mol. The number of benzene rings is 2. The van der Waals surface area contributed by atoms with Crippen molar-refractivity contribution in [3.63, 3.8) is 0 Å². The number of hydrogen-bond acceptors (Lipinski definition) is 1. The van der Waals surface area contributed by atoms with Gasteiger partial charge in [0.05, 0.1) is 5.56 Å². The van der Waals surface area contributed by atoms with Crippen LogP contribution in [0.15, 0.2) is 46.2 Å². The van der Waals surface area contributed by atoms with Gasteiger partial charge in [0.15, 0.2) is 0 Å². The van der Waals surface area contributed by atoms with Gasteiger partial charge in [-0.2, -0.15) is 13.2 Å². The quantitative estimate of drug-likeness (QED) is 0.450. The molecule has 2 fully saturated rings. The molecule has 142 valence electrons. The lowest BCUT2D eigenvalue weighted by Gasteiger charge is -2.30. The third-order valence-electron chi connectivity index (χ3n) is 6.68. The second-order valence-electron chi connectivity index (χ2n) is 8.58. The first-order valence-corrected chi connectivity index (χ1v) is 10.8. The molecule has 0 nitrogen and oxygen atoms in total. The Hall–Kier alpha value is -1.42. The number of rotatable bonds is 2. The molecule has 2 aromatic rings. The van der Waals surface area contributed by atoms with Crippen molar-refractivity contribution < 1.29 is 13.2 Å². The highest BCUT2D eigenvalue weighted by Crippen LogP contribution is 2.48. The van der Waals surface area contributed by atoms with Gasteiger partial charge in [0.2, 0.25) is 0 Å². The van der Waals surface area contributed by atoms with Crippen LogP contribution in [0.3, 0.4) is 0 Å². The largest absolute Gasteiger partial charge is 0.416 e. The van der Waals surface area contributed by atoms with E-state index >= 15 is 0 Å². The summed E-state index contributed by atoms with van der Waals surface area (Å²) in [5, 5.41) is 0. The Morgan fingerprint density at radius 2 is 1.67 bits per heavy atom. The van der Waals surface area contributed by atoms with Crippen molar-refractivity contribution in [3.05, 3.63) is 58.7 Å². The Labute approximate surface area is 162 Å². The van der Waals surface area contributed by atoms with Gasteiger partial charge in [-0.15, -0.1) is 0 Å². The molecule has 2 saturated carbocycles. The van der Waals surface area contributed by atoms with Crippen molar-refractivity contribution in [2.75, 3.05) is 0 Å². The molecular formula is C23H23F3S. The predicted molar refractivity (Wildman–Crippen MR) is 102 cm³/mol. The summed E-state index contributed by atoms with van der Waals surface area (Å²) < 4.78 is 40.6. The molecule has 0 amide bonds. The molecule has 2 aliphatic carbocycles. The Morgan fingerprint density at radius 1 is 0.926 bits per heavy atom. The van der Waals surface area contributed by atoms with Gasteiger partial charge >= 0.3 is 6.18 Å². The zero-order chi connectivity index (χ0) is 18.6. The van der Waals surface area contributed by atoms with E-state index in [1.54, 1.807) is 0 Å². The number of alkyl halides is 3. The summed E-state index contributed by atoms with van der Waals surface area (Å²) in [6.07, 6.45) is 3.67. The Kier molecular flexibility index (Phi) is 4.30. The van der Waals surface area contributed by atoms with E-state index < -0.39 is 11.7 Å². The molecule has 27 heavy (non-hydrogen) atoms. The van der Waals surface area contributed by atoms with E-state index in [0.29, 0.717) is 5.92 Å².